The highest BCUT2D eigenvalue weighted by Crippen LogP contribution is 2.16. The lowest BCUT2D eigenvalue weighted by Crippen LogP contribution is -2.30. The van der Waals surface area contributed by atoms with Crippen LogP contribution < -0.4 is 0 Å². The third-order valence-corrected chi connectivity index (χ3v) is 12.7. The van der Waals surface area contributed by atoms with Crippen molar-refractivity contribution in [1.29, 1.82) is 0 Å². The number of carbonyl (C=O) groups excluding carboxylic acids is 3. The summed E-state index contributed by atoms with van der Waals surface area (Å²) in [7, 11) is 0. The van der Waals surface area contributed by atoms with E-state index < -0.39 is 6.10 Å². The zero-order valence-corrected chi connectivity index (χ0v) is 45.6. The first-order chi connectivity index (χ1) is 34.0. The van der Waals surface area contributed by atoms with E-state index in [4.69, 9.17) is 14.2 Å². The van der Waals surface area contributed by atoms with E-state index in [2.05, 4.69) is 93.7 Å². The molecule has 398 valence electrons. The second-order valence-electron chi connectivity index (χ2n) is 19.6. The molecule has 0 unspecified atom stereocenters. The van der Waals surface area contributed by atoms with Crippen LogP contribution >= 0.6 is 0 Å². The van der Waals surface area contributed by atoms with Gasteiger partial charge in [-0.3, -0.25) is 14.4 Å². The van der Waals surface area contributed by atoms with Gasteiger partial charge in [-0.25, -0.2) is 0 Å². The first-order valence-corrected chi connectivity index (χ1v) is 29.4. The number of unbranched alkanes of at least 4 members (excludes halogenated alkanes) is 30. The predicted molar refractivity (Wildman–Crippen MR) is 298 cm³/mol. The van der Waals surface area contributed by atoms with Crippen LogP contribution in [0.15, 0.2) is 72.9 Å². The maximum absolute atomic E-state index is 12.9. The van der Waals surface area contributed by atoms with Gasteiger partial charge in [0.25, 0.3) is 0 Å². The van der Waals surface area contributed by atoms with Crippen molar-refractivity contribution in [2.75, 3.05) is 13.2 Å². The summed E-state index contributed by atoms with van der Waals surface area (Å²) in [5, 5.41) is 0. The minimum absolute atomic E-state index is 0.0945. The molecule has 69 heavy (non-hydrogen) atoms. The van der Waals surface area contributed by atoms with E-state index in [0.29, 0.717) is 19.3 Å². The van der Waals surface area contributed by atoms with Gasteiger partial charge in [-0.1, -0.05) is 248 Å². The van der Waals surface area contributed by atoms with Crippen molar-refractivity contribution in [1.82, 2.24) is 0 Å². The molecule has 0 bridgehead atoms. The summed E-state index contributed by atoms with van der Waals surface area (Å²) < 4.78 is 16.8. The number of esters is 3. The van der Waals surface area contributed by atoms with Crippen molar-refractivity contribution in [3.8, 4) is 0 Å². The second kappa shape index (κ2) is 57.4. The van der Waals surface area contributed by atoms with Crippen LogP contribution in [0.5, 0.6) is 0 Å². The smallest absolute Gasteiger partial charge is 0.306 e. The summed E-state index contributed by atoms with van der Waals surface area (Å²) >= 11 is 0. The Hall–Kier alpha value is -3.15. The van der Waals surface area contributed by atoms with Crippen molar-refractivity contribution in [2.45, 2.75) is 297 Å². The average molecular weight is 964 g/mol. The van der Waals surface area contributed by atoms with Gasteiger partial charge in [0.15, 0.2) is 6.10 Å². The third-order valence-electron chi connectivity index (χ3n) is 12.7. The number of ether oxygens (including phenoxy) is 3. The van der Waals surface area contributed by atoms with E-state index in [1.165, 1.54) is 154 Å². The molecule has 0 aromatic rings. The summed E-state index contributed by atoms with van der Waals surface area (Å²) in [4.78, 5) is 38.2. The molecule has 0 spiro atoms. The molecule has 0 N–H and O–H groups in total. The van der Waals surface area contributed by atoms with Gasteiger partial charge in [0.05, 0.1) is 0 Å². The minimum Gasteiger partial charge on any atom is -0.462 e. The van der Waals surface area contributed by atoms with Gasteiger partial charge in [-0.2, -0.15) is 0 Å². The molecule has 1 atom stereocenters. The normalized spacial score (nSPS) is 12.6. The first kappa shape index (κ1) is 65.8. The lowest BCUT2D eigenvalue weighted by atomic mass is 10.0. The van der Waals surface area contributed by atoms with Crippen LogP contribution in [0.4, 0.5) is 0 Å². The quantitative estimate of drug-likeness (QED) is 0.0262. The van der Waals surface area contributed by atoms with Gasteiger partial charge in [0, 0.05) is 19.3 Å². The summed E-state index contributed by atoms with van der Waals surface area (Å²) in [6.07, 6.45) is 73.2. The molecule has 0 saturated carbocycles. The highest BCUT2D eigenvalue weighted by Gasteiger charge is 2.19. The molecule has 6 nitrogen and oxygen atoms in total. The molecule has 0 amide bonds. The van der Waals surface area contributed by atoms with E-state index in [-0.39, 0.29) is 31.1 Å². The summed E-state index contributed by atoms with van der Waals surface area (Å²) in [5.74, 6) is -0.946. The lowest BCUT2D eigenvalue weighted by Gasteiger charge is -2.18. The summed E-state index contributed by atoms with van der Waals surface area (Å²) in [5.41, 5.74) is 0. The van der Waals surface area contributed by atoms with Gasteiger partial charge >= 0.3 is 17.9 Å². The summed E-state index contributed by atoms with van der Waals surface area (Å²) in [6.45, 7) is 6.56. The van der Waals surface area contributed by atoms with Crippen LogP contribution in [0.1, 0.15) is 290 Å². The monoisotopic (exact) mass is 963 g/mol. The van der Waals surface area contributed by atoms with Crippen molar-refractivity contribution in [3.05, 3.63) is 72.9 Å². The van der Waals surface area contributed by atoms with Gasteiger partial charge in [0.2, 0.25) is 0 Å². The molecule has 0 heterocycles. The van der Waals surface area contributed by atoms with Crippen LogP contribution in [0.2, 0.25) is 0 Å². The minimum atomic E-state index is -0.802. The molecule has 0 aliphatic heterocycles. The van der Waals surface area contributed by atoms with Crippen LogP contribution in [-0.2, 0) is 28.6 Å². The number of allylic oxidation sites excluding steroid dienone is 12. The van der Waals surface area contributed by atoms with Crippen LogP contribution in [0, 0.1) is 0 Å². The SMILES string of the molecule is CCCCC/C=C\C/C=C\C/C=C\CCCCCCC(=O)O[C@H](COC(=O)CCCC/C=C\C/C=C\C/C=C\CCCCC)COC(=O)CCCCCCCCCCCCCCCCCCCCC. The zero-order valence-electron chi connectivity index (χ0n) is 45.6. The highest BCUT2D eigenvalue weighted by atomic mass is 16.6. The standard InChI is InChI=1S/C63H110O6/c1-4-7-10-13-16-19-22-25-28-30-31-33-35-38-41-44-47-50-53-56-62(65)68-59-60(58-67-61(64)55-52-49-46-43-40-37-34-27-24-21-18-15-12-9-6-3)69-63(66)57-54-51-48-45-42-39-36-32-29-26-23-20-17-14-11-8-5-2/h17-18,20-21,26-27,29,34,36,39-40,43,60H,4-16,19,22-25,28,30-33,35,37-38,41-42,44-59H2,1-3H3/b20-17-,21-18-,29-26-,34-27-,39-36-,43-40-/t60-/m1/s1. The maximum Gasteiger partial charge on any atom is 0.306 e. The second-order valence-corrected chi connectivity index (χ2v) is 19.6. The topological polar surface area (TPSA) is 78.9 Å². The van der Waals surface area contributed by atoms with Crippen molar-refractivity contribution in [3.63, 3.8) is 0 Å². The van der Waals surface area contributed by atoms with E-state index in [9.17, 15) is 14.4 Å². The fourth-order valence-corrected chi connectivity index (χ4v) is 8.22. The number of hydrogen-bond acceptors (Lipinski definition) is 6. The third kappa shape index (κ3) is 55.6. The van der Waals surface area contributed by atoms with E-state index in [1.807, 2.05) is 0 Å². The number of rotatable bonds is 53. The Balaban J connectivity index is 4.44. The van der Waals surface area contributed by atoms with Gasteiger partial charge in [-0.15, -0.1) is 0 Å². The van der Waals surface area contributed by atoms with Gasteiger partial charge < -0.3 is 14.2 Å². The number of carbonyl (C=O) groups is 3. The Labute approximate surface area is 427 Å². The molecule has 0 aliphatic carbocycles. The molecule has 0 saturated heterocycles. The first-order valence-electron chi connectivity index (χ1n) is 29.4. The average Bonchev–Trinajstić information content (AvgIpc) is 3.35. The fraction of sp³-hybridized carbons (Fsp3) is 0.762. The maximum atomic E-state index is 12.9. The van der Waals surface area contributed by atoms with Crippen molar-refractivity contribution < 1.29 is 28.6 Å². The lowest BCUT2D eigenvalue weighted by molar-refractivity contribution is -0.167. The molecule has 0 aromatic carbocycles. The Morgan fingerprint density at radius 2 is 0.522 bits per heavy atom. The fourth-order valence-electron chi connectivity index (χ4n) is 8.22. The van der Waals surface area contributed by atoms with Crippen LogP contribution in [-0.4, -0.2) is 37.2 Å². The van der Waals surface area contributed by atoms with Gasteiger partial charge in [-0.05, 0) is 96.3 Å². The zero-order chi connectivity index (χ0) is 50.0. The molecule has 0 aromatic heterocycles. The number of hydrogen-bond donors (Lipinski definition) is 0. The Morgan fingerprint density at radius 3 is 0.870 bits per heavy atom. The molecule has 0 radical (unpaired) electrons. The largest absolute Gasteiger partial charge is 0.462 e. The molecule has 0 fully saturated rings. The molecule has 0 aliphatic rings. The van der Waals surface area contributed by atoms with E-state index in [1.54, 1.807) is 0 Å². The molecular weight excluding hydrogens is 853 g/mol. The Bertz CT molecular complexity index is 1290. The Morgan fingerprint density at radius 1 is 0.290 bits per heavy atom. The molecule has 0 rings (SSSR count). The summed E-state index contributed by atoms with van der Waals surface area (Å²) in [6, 6.07) is 0. The van der Waals surface area contributed by atoms with Crippen LogP contribution in [0.25, 0.3) is 0 Å². The van der Waals surface area contributed by atoms with Crippen LogP contribution in [0.3, 0.4) is 0 Å². The van der Waals surface area contributed by atoms with E-state index >= 15 is 0 Å². The van der Waals surface area contributed by atoms with E-state index in [0.717, 1.165) is 96.3 Å². The predicted octanol–water partition coefficient (Wildman–Crippen LogP) is 19.8. The van der Waals surface area contributed by atoms with Gasteiger partial charge in [0.1, 0.15) is 13.2 Å². The van der Waals surface area contributed by atoms with Crippen molar-refractivity contribution in [2.24, 2.45) is 0 Å². The molecule has 6 heteroatoms. The highest BCUT2D eigenvalue weighted by molar-refractivity contribution is 5.71. The Kier molecular flexibility index (Phi) is 54.8. The molecular formula is C63H110O6. The van der Waals surface area contributed by atoms with Crippen molar-refractivity contribution >= 4 is 17.9 Å².